The van der Waals surface area contributed by atoms with Gasteiger partial charge >= 0.3 is 0 Å². The van der Waals surface area contributed by atoms with Gasteiger partial charge < -0.3 is 5.11 Å². The van der Waals surface area contributed by atoms with Crippen molar-refractivity contribution in [1.29, 1.82) is 0 Å². The maximum absolute atomic E-state index is 10.00. The zero-order valence-electron chi connectivity index (χ0n) is 8.84. The summed E-state index contributed by atoms with van der Waals surface area (Å²) in [6.07, 6.45) is 4.86. The van der Waals surface area contributed by atoms with Gasteiger partial charge in [0.05, 0.1) is 5.60 Å². The standard InChI is InChI=1S/C11H21NO/c1-3-4-10(2,13)7-12-8-11(9-12)5-6-11/h13H,3-9H2,1-2H3. The van der Waals surface area contributed by atoms with Crippen LogP contribution in [0.15, 0.2) is 0 Å². The molecule has 0 radical (unpaired) electrons. The smallest absolute Gasteiger partial charge is 0.0746 e. The van der Waals surface area contributed by atoms with Crippen molar-refractivity contribution in [3.63, 3.8) is 0 Å². The van der Waals surface area contributed by atoms with Crippen molar-refractivity contribution in [2.45, 2.75) is 45.1 Å². The molecule has 0 aromatic carbocycles. The first-order valence-electron chi connectivity index (χ1n) is 5.50. The number of rotatable bonds is 4. The summed E-state index contributed by atoms with van der Waals surface area (Å²) in [5.74, 6) is 0. The zero-order valence-corrected chi connectivity index (χ0v) is 8.84. The van der Waals surface area contributed by atoms with E-state index in [4.69, 9.17) is 0 Å². The Hall–Kier alpha value is -0.0800. The van der Waals surface area contributed by atoms with Gasteiger partial charge in [0.15, 0.2) is 0 Å². The molecule has 0 aromatic heterocycles. The molecule has 2 fully saturated rings. The van der Waals surface area contributed by atoms with E-state index in [2.05, 4.69) is 11.8 Å². The SMILES string of the molecule is CCCC(C)(O)CN1CC2(CC2)C1. The van der Waals surface area contributed by atoms with Crippen LogP contribution in [0.2, 0.25) is 0 Å². The minimum Gasteiger partial charge on any atom is -0.389 e. The lowest BCUT2D eigenvalue weighted by Crippen LogP contribution is -2.54. The van der Waals surface area contributed by atoms with Gasteiger partial charge in [-0.15, -0.1) is 0 Å². The van der Waals surface area contributed by atoms with Gasteiger partial charge in [-0.05, 0) is 31.6 Å². The van der Waals surface area contributed by atoms with Gasteiger partial charge in [0.1, 0.15) is 0 Å². The average Bonchev–Trinajstić information content (AvgIpc) is 2.64. The number of nitrogens with zero attached hydrogens (tertiary/aromatic N) is 1. The van der Waals surface area contributed by atoms with Gasteiger partial charge in [-0.1, -0.05) is 13.3 Å². The molecule has 1 saturated carbocycles. The van der Waals surface area contributed by atoms with Crippen molar-refractivity contribution in [1.82, 2.24) is 4.90 Å². The summed E-state index contributed by atoms with van der Waals surface area (Å²) in [7, 11) is 0. The Kier molecular flexibility index (Phi) is 2.16. The van der Waals surface area contributed by atoms with Crippen molar-refractivity contribution in [3.05, 3.63) is 0 Å². The van der Waals surface area contributed by atoms with Crippen LogP contribution in [0.4, 0.5) is 0 Å². The van der Waals surface area contributed by atoms with Crippen LogP contribution in [-0.4, -0.2) is 35.2 Å². The average molecular weight is 183 g/mol. The molecule has 0 amide bonds. The molecule has 0 bridgehead atoms. The number of β-amino-alcohol motifs (C(OH)–C–C–N with tert-alkyl or cyclic N) is 1. The quantitative estimate of drug-likeness (QED) is 0.716. The van der Waals surface area contributed by atoms with Crippen LogP contribution < -0.4 is 0 Å². The summed E-state index contributed by atoms with van der Waals surface area (Å²) in [5, 5.41) is 10.00. The summed E-state index contributed by atoms with van der Waals surface area (Å²) in [4.78, 5) is 2.41. The third kappa shape index (κ3) is 2.05. The molecule has 1 spiro atoms. The van der Waals surface area contributed by atoms with Crippen LogP contribution in [0, 0.1) is 5.41 Å². The van der Waals surface area contributed by atoms with Gasteiger partial charge in [-0.3, -0.25) is 4.90 Å². The van der Waals surface area contributed by atoms with Crippen molar-refractivity contribution in [2.24, 2.45) is 5.41 Å². The third-order valence-electron chi connectivity index (χ3n) is 3.43. The van der Waals surface area contributed by atoms with Crippen molar-refractivity contribution in [3.8, 4) is 0 Å². The predicted octanol–water partition coefficient (Wildman–Crippen LogP) is 1.63. The van der Waals surface area contributed by atoms with Gasteiger partial charge in [-0.25, -0.2) is 0 Å². The maximum Gasteiger partial charge on any atom is 0.0746 e. The van der Waals surface area contributed by atoms with Crippen LogP contribution >= 0.6 is 0 Å². The topological polar surface area (TPSA) is 23.5 Å². The molecule has 1 unspecified atom stereocenters. The third-order valence-corrected chi connectivity index (χ3v) is 3.43. The van der Waals surface area contributed by atoms with E-state index in [1.807, 2.05) is 6.92 Å². The molecule has 2 aliphatic rings. The van der Waals surface area contributed by atoms with E-state index < -0.39 is 5.60 Å². The molecule has 1 heterocycles. The molecule has 1 N–H and O–H groups in total. The second-order valence-electron chi connectivity index (χ2n) is 5.39. The predicted molar refractivity (Wildman–Crippen MR) is 53.6 cm³/mol. The fraction of sp³-hybridized carbons (Fsp3) is 1.00. The Morgan fingerprint density at radius 2 is 2.00 bits per heavy atom. The lowest BCUT2D eigenvalue weighted by atomic mass is 9.92. The van der Waals surface area contributed by atoms with Crippen LogP contribution in [0.3, 0.4) is 0 Å². The molecular weight excluding hydrogens is 162 g/mol. The van der Waals surface area contributed by atoms with E-state index in [1.165, 1.54) is 25.9 Å². The molecule has 1 aliphatic carbocycles. The summed E-state index contributed by atoms with van der Waals surface area (Å²) >= 11 is 0. The first kappa shape index (κ1) is 9.47. The monoisotopic (exact) mass is 183 g/mol. The van der Waals surface area contributed by atoms with E-state index in [0.717, 1.165) is 24.8 Å². The first-order chi connectivity index (χ1) is 6.05. The Labute approximate surface area is 80.9 Å². The Bertz CT molecular complexity index is 188. The Morgan fingerprint density at radius 3 is 2.46 bits per heavy atom. The Morgan fingerprint density at radius 1 is 1.38 bits per heavy atom. The fourth-order valence-electron chi connectivity index (χ4n) is 2.61. The normalized spacial score (nSPS) is 29.8. The van der Waals surface area contributed by atoms with Crippen LogP contribution in [-0.2, 0) is 0 Å². The number of hydrogen-bond acceptors (Lipinski definition) is 2. The van der Waals surface area contributed by atoms with E-state index in [9.17, 15) is 5.11 Å². The second kappa shape index (κ2) is 2.96. The maximum atomic E-state index is 10.00. The largest absolute Gasteiger partial charge is 0.389 e. The number of aliphatic hydroxyl groups is 1. The van der Waals surface area contributed by atoms with Crippen LogP contribution in [0.25, 0.3) is 0 Å². The lowest BCUT2D eigenvalue weighted by molar-refractivity contribution is -0.0312. The van der Waals surface area contributed by atoms with E-state index in [-0.39, 0.29) is 0 Å². The molecule has 13 heavy (non-hydrogen) atoms. The van der Waals surface area contributed by atoms with Gasteiger partial charge in [0.2, 0.25) is 0 Å². The Balaban J connectivity index is 1.72. The lowest BCUT2D eigenvalue weighted by Gasteiger charge is -2.43. The van der Waals surface area contributed by atoms with E-state index in [0.29, 0.717) is 0 Å². The number of likely N-dealkylation sites (tertiary alicyclic amines) is 1. The minimum atomic E-state index is -0.453. The molecule has 0 aromatic rings. The molecule has 1 aliphatic heterocycles. The van der Waals surface area contributed by atoms with Gasteiger partial charge in [-0.2, -0.15) is 0 Å². The van der Waals surface area contributed by atoms with Gasteiger partial charge in [0, 0.05) is 19.6 Å². The number of hydrogen-bond donors (Lipinski definition) is 1. The zero-order chi connectivity index (χ0) is 9.53. The molecule has 76 valence electrons. The highest BCUT2D eigenvalue weighted by molar-refractivity contribution is 5.06. The molecule has 1 saturated heterocycles. The summed E-state index contributed by atoms with van der Waals surface area (Å²) in [6, 6.07) is 0. The molecule has 1 atom stereocenters. The van der Waals surface area contributed by atoms with Crippen molar-refractivity contribution < 1.29 is 5.11 Å². The summed E-state index contributed by atoms with van der Waals surface area (Å²) in [5.41, 5.74) is 0.271. The minimum absolute atomic E-state index is 0.453. The van der Waals surface area contributed by atoms with E-state index in [1.54, 1.807) is 0 Å². The molecule has 2 rings (SSSR count). The van der Waals surface area contributed by atoms with Crippen molar-refractivity contribution >= 4 is 0 Å². The molecule has 2 heteroatoms. The molecular formula is C11H21NO. The van der Waals surface area contributed by atoms with Crippen LogP contribution in [0.5, 0.6) is 0 Å². The van der Waals surface area contributed by atoms with Crippen molar-refractivity contribution in [2.75, 3.05) is 19.6 Å². The van der Waals surface area contributed by atoms with Gasteiger partial charge in [0.25, 0.3) is 0 Å². The fourth-order valence-corrected chi connectivity index (χ4v) is 2.61. The highest BCUT2D eigenvalue weighted by atomic mass is 16.3. The van der Waals surface area contributed by atoms with Crippen LogP contribution in [0.1, 0.15) is 39.5 Å². The second-order valence-corrected chi connectivity index (χ2v) is 5.39. The summed E-state index contributed by atoms with van der Waals surface area (Å²) < 4.78 is 0. The molecule has 2 nitrogen and oxygen atoms in total. The highest BCUT2D eigenvalue weighted by Gasteiger charge is 2.52. The summed E-state index contributed by atoms with van der Waals surface area (Å²) in [6.45, 7) is 7.46. The first-order valence-corrected chi connectivity index (χ1v) is 5.50. The highest BCUT2D eigenvalue weighted by Crippen LogP contribution is 2.53. The van der Waals surface area contributed by atoms with E-state index >= 15 is 0 Å².